The van der Waals surface area contributed by atoms with Crippen molar-refractivity contribution in [1.82, 2.24) is 16.0 Å². The molecule has 0 saturated heterocycles. The number of nitrogens with one attached hydrogen (secondary N) is 3. The monoisotopic (exact) mass is 1020 g/mol. The van der Waals surface area contributed by atoms with Gasteiger partial charge >= 0.3 is 18.3 Å². The van der Waals surface area contributed by atoms with E-state index in [1.165, 1.54) is 270 Å². The summed E-state index contributed by atoms with van der Waals surface area (Å²) in [5.74, 6) is 0. The van der Waals surface area contributed by atoms with Crippen molar-refractivity contribution in [3.8, 4) is 0 Å². The van der Waals surface area contributed by atoms with E-state index in [0.717, 1.165) is 38.5 Å². The molecule has 1 aliphatic rings. The SMILES string of the molecule is CCCCCCCCCCCCCCCCCCNC(=O)OCC1(OC(=O)NCCCCCCCCCCCCCCCCCC)CCCC1OC(=O)NCCCCCCCCCCCCCCCCCC. The number of amides is 3. The fourth-order valence-corrected chi connectivity index (χ4v) is 10.7. The van der Waals surface area contributed by atoms with Gasteiger partial charge in [0.2, 0.25) is 0 Å². The standard InChI is InChI=1S/C63H123N3O6/c1-4-7-10-13-16-19-22-25-28-31-34-37-40-43-46-49-55-64-60(67)70-58-63(72-62(69)66-57-51-48-45-42-39-36-33-30-27-24-21-18-15-12-9-6-3)54-52-53-59(63)71-61(68)65-56-50-47-44-41-38-35-32-29-26-23-20-17-14-11-8-5-2/h59H,4-58H2,1-3H3,(H,64,67)(H,65,68)(H,66,69). The summed E-state index contributed by atoms with van der Waals surface area (Å²) in [6.07, 6.45) is 62.1. The molecule has 0 bridgehead atoms. The number of carbonyl (C=O) groups is 3. The number of unbranched alkanes of at least 4 members (excludes halogenated alkanes) is 45. The van der Waals surface area contributed by atoms with Crippen LogP contribution < -0.4 is 16.0 Å². The molecular weight excluding hydrogens is 895 g/mol. The third-order valence-electron chi connectivity index (χ3n) is 15.5. The Balaban J connectivity index is 2.39. The summed E-state index contributed by atoms with van der Waals surface area (Å²) in [6.45, 7) is 8.32. The Hall–Kier alpha value is -2.19. The molecule has 3 N–H and O–H groups in total. The second-order valence-electron chi connectivity index (χ2n) is 22.5. The first kappa shape index (κ1) is 67.8. The van der Waals surface area contributed by atoms with E-state index in [4.69, 9.17) is 14.2 Å². The highest BCUT2D eigenvalue weighted by atomic mass is 16.6. The average molecular weight is 1020 g/mol. The van der Waals surface area contributed by atoms with Crippen molar-refractivity contribution >= 4 is 18.3 Å². The summed E-state index contributed by atoms with van der Waals surface area (Å²) in [6, 6.07) is 0. The van der Waals surface area contributed by atoms with Crippen molar-refractivity contribution in [3.63, 3.8) is 0 Å². The van der Waals surface area contributed by atoms with Crippen LogP contribution in [0.3, 0.4) is 0 Å². The van der Waals surface area contributed by atoms with Gasteiger partial charge in [0.05, 0.1) is 0 Å². The summed E-state index contributed by atoms with van der Waals surface area (Å²) in [7, 11) is 0. The largest absolute Gasteiger partial charge is 0.445 e. The van der Waals surface area contributed by atoms with Crippen molar-refractivity contribution in [2.45, 2.75) is 360 Å². The van der Waals surface area contributed by atoms with Crippen LogP contribution in [0.25, 0.3) is 0 Å². The summed E-state index contributed by atoms with van der Waals surface area (Å²) in [4.78, 5) is 39.3. The van der Waals surface area contributed by atoms with E-state index in [2.05, 4.69) is 36.7 Å². The number of hydrogen-bond acceptors (Lipinski definition) is 6. The molecule has 0 aliphatic heterocycles. The molecule has 1 saturated carbocycles. The van der Waals surface area contributed by atoms with Crippen molar-refractivity contribution in [1.29, 1.82) is 0 Å². The van der Waals surface area contributed by atoms with Gasteiger partial charge in [-0.05, 0) is 38.5 Å². The molecule has 0 aromatic rings. The van der Waals surface area contributed by atoms with Crippen molar-refractivity contribution < 1.29 is 28.6 Å². The van der Waals surface area contributed by atoms with Crippen molar-refractivity contribution in [2.24, 2.45) is 0 Å². The van der Waals surface area contributed by atoms with Crippen LogP contribution in [0.4, 0.5) is 14.4 Å². The summed E-state index contributed by atoms with van der Waals surface area (Å²) in [5, 5.41) is 8.79. The van der Waals surface area contributed by atoms with E-state index in [9.17, 15) is 14.4 Å². The number of ether oxygens (including phenoxy) is 3. The van der Waals surface area contributed by atoms with Crippen molar-refractivity contribution in [2.75, 3.05) is 26.2 Å². The van der Waals surface area contributed by atoms with E-state index >= 15 is 0 Å². The zero-order valence-electron chi connectivity index (χ0n) is 48.4. The van der Waals surface area contributed by atoms with Gasteiger partial charge in [0.1, 0.15) is 12.7 Å². The van der Waals surface area contributed by atoms with E-state index in [0.29, 0.717) is 38.9 Å². The first-order valence-corrected chi connectivity index (χ1v) is 32.3. The van der Waals surface area contributed by atoms with Gasteiger partial charge in [0.15, 0.2) is 5.60 Å². The Kier molecular flexibility index (Phi) is 50.5. The molecule has 9 heteroatoms. The van der Waals surface area contributed by atoms with Crippen LogP contribution in [0.1, 0.15) is 348 Å². The highest BCUT2D eigenvalue weighted by Crippen LogP contribution is 2.37. The molecule has 0 aromatic heterocycles. The van der Waals surface area contributed by atoms with Gasteiger partial charge in [-0.2, -0.15) is 0 Å². The van der Waals surface area contributed by atoms with E-state index in [-0.39, 0.29) is 6.61 Å². The van der Waals surface area contributed by atoms with Gasteiger partial charge in [-0.25, -0.2) is 14.4 Å². The van der Waals surface area contributed by atoms with Crippen LogP contribution >= 0.6 is 0 Å². The lowest BCUT2D eigenvalue weighted by Gasteiger charge is -2.33. The molecule has 72 heavy (non-hydrogen) atoms. The van der Waals surface area contributed by atoms with Crippen LogP contribution in [0.5, 0.6) is 0 Å². The van der Waals surface area contributed by atoms with Crippen molar-refractivity contribution in [3.05, 3.63) is 0 Å². The lowest BCUT2D eigenvalue weighted by Crippen LogP contribution is -2.52. The summed E-state index contributed by atoms with van der Waals surface area (Å²) < 4.78 is 17.8. The maximum atomic E-state index is 13.3. The Bertz CT molecular complexity index is 1170. The first-order chi connectivity index (χ1) is 35.5. The van der Waals surface area contributed by atoms with Gasteiger partial charge in [0.25, 0.3) is 0 Å². The Morgan fingerprint density at radius 2 is 0.597 bits per heavy atom. The van der Waals surface area contributed by atoms with E-state index in [1.807, 2.05) is 0 Å². The molecule has 3 amide bonds. The second-order valence-corrected chi connectivity index (χ2v) is 22.5. The fraction of sp³-hybridized carbons (Fsp3) is 0.952. The smallest absolute Gasteiger partial charge is 0.407 e. The van der Waals surface area contributed by atoms with Crippen LogP contribution in [0, 0.1) is 0 Å². The molecule has 0 spiro atoms. The van der Waals surface area contributed by atoms with Crippen LogP contribution in [-0.2, 0) is 14.2 Å². The number of alkyl carbamates (subject to hydrolysis) is 3. The molecule has 2 atom stereocenters. The summed E-state index contributed by atoms with van der Waals surface area (Å²) in [5.41, 5.74) is -1.23. The molecule has 0 aromatic carbocycles. The Labute approximate surface area is 447 Å². The number of carbonyl (C=O) groups excluding carboxylic acids is 3. The predicted molar refractivity (Wildman–Crippen MR) is 307 cm³/mol. The Morgan fingerprint density at radius 3 is 0.889 bits per heavy atom. The molecule has 9 nitrogen and oxygen atoms in total. The Morgan fingerprint density at radius 1 is 0.347 bits per heavy atom. The highest BCUT2D eigenvalue weighted by molar-refractivity contribution is 5.69. The molecular formula is C63H123N3O6. The predicted octanol–water partition coefficient (Wildman–Crippen LogP) is 20.2. The van der Waals surface area contributed by atoms with Gasteiger partial charge in [-0.1, -0.05) is 310 Å². The maximum absolute atomic E-state index is 13.3. The molecule has 0 radical (unpaired) electrons. The van der Waals surface area contributed by atoms with Crippen LogP contribution in [0.15, 0.2) is 0 Å². The van der Waals surface area contributed by atoms with Crippen LogP contribution in [-0.4, -0.2) is 56.2 Å². The minimum absolute atomic E-state index is 0.151. The molecule has 2 unspecified atom stereocenters. The highest BCUT2D eigenvalue weighted by Gasteiger charge is 2.50. The molecule has 1 fully saturated rings. The van der Waals surface area contributed by atoms with Gasteiger partial charge in [-0.15, -0.1) is 0 Å². The van der Waals surface area contributed by atoms with E-state index in [1.54, 1.807) is 0 Å². The lowest BCUT2D eigenvalue weighted by atomic mass is 10.0. The molecule has 426 valence electrons. The summed E-state index contributed by atoms with van der Waals surface area (Å²) >= 11 is 0. The number of hydrogen-bond donors (Lipinski definition) is 3. The number of rotatable bonds is 55. The van der Waals surface area contributed by atoms with E-state index < -0.39 is 30.0 Å². The zero-order valence-corrected chi connectivity index (χ0v) is 48.4. The molecule has 1 rings (SSSR count). The van der Waals surface area contributed by atoms with Gasteiger partial charge in [-0.3, -0.25) is 0 Å². The average Bonchev–Trinajstić information content (AvgIpc) is 3.76. The molecule has 1 aliphatic carbocycles. The maximum Gasteiger partial charge on any atom is 0.407 e. The quantitative estimate of drug-likeness (QED) is 0.0413. The van der Waals surface area contributed by atoms with Gasteiger partial charge < -0.3 is 30.2 Å². The first-order valence-electron chi connectivity index (χ1n) is 32.3. The third kappa shape index (κ3) is 44.1. The minimum atomic E-state index is -1.23. The van der Waals surface area contributed by atoms with Crippen LogP contribution in [0.2, 0.25) is 0 Å². The van der Waals surface area contributed by atoms with Gasteiger partial charge in [0, 0.05) is 19.6 Å². The third-order valence-corrected chi connectivity index (χ3v) is 15.5. The minimum Gasteiger partial charge on any atom is -0.445 e. The fourth-order valence-electron chi connectivity index (χ4n) is 10.7. The zero-order chi connectivity index (χ0) is 51.9. The normalized spacial score (nSPS) is 15.5. The molecule has 0 heterocycles. The lowest BCUT2D eigenvalue weighted by molar-refractivity contribution is -0.0962. The second kappa shape index (κ2) is 53.6. The topological polar surface area (TPSA) is 115 Å².